The molecule has 0 aromatic carbocycles. The maximum Gasteiger partial charge on any atom is 0.0952 e. The first-order chi connectivity index (χ1) is 5.74. The predicted molar refractivity (Wildman–Crippen MR) is 43.8 cm³/mol. The van der Waals surface area contributed by atoms with Crippen LogP contribution in [0.3, 0.4) is 0 Å². The number of aliphatic hydroxyl groups excluding tert-OH is 1. The van der Waals surface area contributed by atoms with Gasteiger partial charge in [0.05, 0.1) is 24.1 Å². The molecule has 6 heteroatoms. The van der Waals surface area contributed by atoms with Gasteiger partial charge in [-0.05, 0) is 6.92 Å². The molecule has 0 aromatic heterocycles. The fourth-order valence-corrected chi connectivity index (χ4v) is 1.76. The Bertz CT molecular complexity index is 137. The third-order valence-corrected chi connectivity index (χ3v) is 2.37. The van der Waals surface area contributed by atoms with Crippen molar-refractivity contribution < 1.29 is 19.2 Å². The molecule has 72 valence electrons. The van der Waals surface area contributed by atoms with Crippen molar-refractivity contribution >= 4 is 12.0 Å². The van der Waals surface area contributed by atoms with E-state index in [2.05, 4.69) is 15.2 Å². The van der Waals surface area contributed by atoms with E-state index in [1.54, 1.807) is 0 Å². The van der Waals surface area contributed by atoms with E-state index in [-0.39, 0.29) is 12.2 Å². The predicted octanol–water partition coefficient (Wildman–Crippen LogP) is -0.00520. The first-order valence-corrected chi connectivity index (χ1v) is 4.63. The Kier molecular flexibility index (Phi) is 4.27. The summed E-state index contributed by atoms with van der Waals surface area (Å²) in [6.45, 7) is 1.92. The molecular weight excluding hydrogens is 182 g/mol. The molecule has 1 aliphatic heterocycles. The van der Waals surface area contributed by atoms with E-state index in [0.29, 0.717) is 12.2 Å². The highest BCUT2D eigenvalue weighted by molar-refractivity contribution is 7.94. The van der Waals surface area contributed by atoms with Gasteiger partial charge in [0.2, 0.25) is 0 Å². The third kappa shape index (κ3) is 2.89. The average Bonchev–Trinajstić information content (AvgIpc) is 2.31. The maximum absolute atomic E-state index is 9.39. The molecule has 12 heavy (non-hydrogen) atoms. The molecule has 3 atom stereocenters. The van der Waals surface area contributed by atoms with Crippen molar-refractivity contribution in [2.45, 2.75) is 31.7 Å². The van der Waals surface area contributed by atoms with Gasteiger partial charge in [-0.15, -0.1) is 9.32 Å². The molecule has 3 N–H and O–H groups in total. The molecule has 0 saturated carbocycles. The van der Waals surface area contributed by atoms with Gasteiger partial charge in [-0.3, -0.25) is 0 Å². The van der Waals surface area contributed by atoms with Crippen LogP contribution in [-0.4, -0.2) is 29.2 Å². The Morgan fingerprint density at radius 3 is 3.00 bits per heavy atom. The van der Waals surface area contributed by atoms with Crippen molar-refractivity contribution in [3.63, 3.8) is 0 Å². The minimum atomic E-state index is -0.408. The van der Waals surface area contributed by atoms with Gasteiger partial charge in [0.25, 0.3) is 0 Å². The largest absolute Gasteiger partial charge is 0.390 e. The smallest absolute Gasteiger partial charge is 0.0952 e. The molecule has 1 rings (SSSR count). The minimum Gasteiger partial charge on any atom is -0.390 e. The van der Waals surface area contributed by atoms with Crippen LogP contribution in [0.1, 0.15) is 13.3 Å². The molecule has 1 aliphatic rings. The molecule has 0 aromatic rings. The van der Waals surface area contributed by atoms with Gasteiger partial charge in [0.15, 0.2) is 0 Å². The Morgan fingerprint density at radius 2 is 2.50 bits per heavy atom. The topological polar surface area (TPSA) is 73.9 Å². The van der Waals surface area contributed by atoms with E-state index in [4.69, 9.17) is 4.74 Å². The van der Waals surface area contributed by atoms with Crippen molar-refractivity contribution in [1.29, 1.82) is 0 Å². The molecule has 0 unspecified atom stereocenters. The second-order valence-electron chi connectivity index (χ2n) is 2.74. The summed E-state index contributed by atoms with van der Waals surface area (Å²) in [4.78, 5) is 3.89. The molecule has 0 amide bonds. The Morgan fingerprint density at radius 1 is 1.75 bits per heavy atom. The summed E-state index contributed by atoms with van der Waals surface area (Å²) >= 11 is 1.02. The van der Waals surface area contributed by atoms with Crippen LogP contribution in [0.15, 0.2) is 0 Å². The number of hydrogen-bond acceptors (Lipinski definition) is 6. The van der Waals surface area contributed by atoms with E-state index >= 15 is 0 Å². The highest BCUT2D eigenvalue weighted by Gasteiger charge is 2.31. The lowest BCUT2D eigenvalue weighted by Crippen LogP contribution is -2.23. The number of ether oxygens (including phenoxy) is 1. The third-order valence-electron chi connectivity index (χ3n) is 1.73. The Balaban J connectivity index is 2.15. The van der Waals surface area contributed by atoms with Gasteiger partial charge in [-0.25, -0.2) is 0 Å². The maximum atomic E-state index is 9.39. The summed E-state index contributed by atoms with van der Waals surface area (Å²) in [7, 11) is 0. The van der Waals surface area contributed by atoms with Gasteiger partial charge in [-0.1, -0.05) is 0 Å². The highest BCUT2D eigenvalue weighted by Crippen LogP contribution is 2.23. The first-order valence-electron chi connectivity index (χ1n) is 3.72. The lowest BCUT2D eigenvalue weighted by molar-refractivity contribution is -0.195. The van der Waals surface area contributed by atoms with Crippen LogP contribution in [0, 0.1) is 0 Å². The van der Waals surface area contributed by atoms with E-state index in [0.717, 1.165) is 12.0 Å². The van der Waals surface area contributed by atoms with E-state index in [1.807, 2.05) is 6.92 Å². The summed E-state index contributed by atoms with van der Waals surface area (Å²) in [6, 6.07) is 0. The van der Waals surface area contributed by atoms with Crippen molar-refractivity contribution in [1.82, 2.24) is 0 Å². The zero-order valence-corrected chi connectivity index (χ0v) is 7.62. The quantitative estimate of drug-likeness (QED) is 0.284. The van der Waals surface area contributed by atoms with E-state index in [1.165, 1.54) is 0 Å². The zero-order valence-electron chi connectivity index (χ0n) is 6.80. The van der Waals surface area contributed by atoms with Crippen LogP contribution in [0.25, 0.3) is 0 Å². The van der Waals surface area contributed by atoms with Crippen molar-refractivity contribution in [3.8, 4) is 0 Å². The standard InChI is InChI=1S/C6H13NO4S/c1-4-2-5(8)6(9-4)3-12-11-10-7/h4-6,8H,2-3,7H2,1H3/t4-,5+,6+/m0/s1. The zero-order chi connectivity index (χ0) is 8.97. The number of hydrogen-bond donors (Lipinski definition) is 2. The first kappa shape index (κ1) is 10.2. The number of nitrogens with two attached hydrogens (primary N) is 1. The number of aliphatic hydroxyl groups is 1. The minimum absolute atomic E-state index is 0.115. The molecule has 1 fully saturated rings. The van der Waals surface area contributed by atoms with Crippen LogP contribution in [0.5, 0.6) is 0 Å². The van der Waals surface area contributed by atoms with Crippen LogP contribution in [0.4, 0.5) is 0 Å². The SMILES string of the molecule is C[C@H]1C[C@@H](O)[C@@H](CSOON)O1. The molecule has 0 aliphatic carbocycles. The average molecular weight is 195 g/mol. The molecule has 1 saturated heterocycles. The van der Waals surface area contributed by atoms with E-state index < -0.39 is 6.10 Å². The van der Waals surface area contributed by atoms with E-state index in [9.17, 15) is 5.11 Å². The van der Waals surface area contributed by atoms with Crippen molar-refractivity contribution in [3.05, 3.63) is 0 Å². The molecule has 0 bridgehead atoms. The van der Waals surface area contributed by atoms with Crippen LogP contribution < -0.4 is 5.90 Å². The molecular formula is C6H13NO4S. The summed E-state index contributed by atoms with van der Waals surface area (Å²) in [5.74, 6) is 5.15. The molecule has 5 nitrogen and oxygen atoms in total. The van der Waals surface area contributed by atoms with Gasteiger partial charge < -0.3 is 9.84 Å². The van der Waals surface area contributed by atoms with Crippen LogP contribution >= 0.6 is 12.0 Å². The summed E-state index contributed by atoms with van der Waals surface area (Å²) in [5, 5.41) is 9.39. The van der Waals surface area contributed by atoms with Crippen molar-refractivity contribution in [2.75, 3.05) is 5.75 Å². The summed E-state index contributed by atoms with van der Waals surface area (Å²) < 4.78 is 9.76. The van der Waals surface area contributed by atoms with Gasteiger partial charge in [0.1, 0.15) is 0 Å². The Hall–Kier alpha value is 0.150. The highest BCUT2D eigenvalue weighted by atomic mass is 32.2. The molecule has 0 radical (unpaired) electrons. The van der Waals surface area contributed by atoms with Gasteiger partial charge in [-0.2, -0.15) is 5.90 Å². The van der Waals surface area contributed by atoms with Gasteiger partial charge in [0, 0.05) is 18.5 Å². The lowest BCUT2D eigenvalue weighted by Gasteiger charge is -2.11. The summed E-state index contributed by atoms with van der Waals surface area (Å²) in [6.07, 6.45) is 0.202. The second-order valence-corrected chi connectivity index (χ2v) is 3.44. The lowest BCUT2D eigenvalue weighted by atomic mass is 10.2. The van der Waals surface area contributed by atoms with Crippen LogP contribution in [0.2, 0.25) is 0 Å². The summed E-state index contributed by atoms with van der Waals surface area (Å²) in [5.41, 5.74) is 0. The number of rotatable bonds is 4. The molecule has 1 heterocycles. The monoisotopic (exact) mass is 195 g/mol. The van der Waals surface area contributed by atoms with Crippen LogP contribution in [-0.2, 0) is 14.1 Å². The fraction of sp³-hybridized carbons (Fsp3) is 1.00. The second kappa shape index (κ2) is 5.00. The normalized spacial score (nSPS) is 35.8. The fourth-order valence-electron chi connectivity index (χ4n) is 1.21. The van der Waals surface area contributed by atoms with Gasteiger partial charge >= 0.3 is 0 Å². The Labute approximate surface area is 75.2 Å². The molecule has 0 spiro atoms. The van der Waals surface area contributed by atoms with Crippen molar-refractivity contribution in [2.24, 2.45) is 5.90 Å².